The molecule has 0 saturated carbocycles. The summed E-state index contributed by atoms with van der Waals surface area (Å²) in [5, 5.41) is 0. The highest BCUT2D eigenvalue weighted by molar-refractivity contribution is 5.53. The Bertz CT molecular complexity index is 635. The summed E-state index contributed by atoms with van der Waals surface area (Å²) in [5.74, 6) is 0. The fourth-order valence-electron chi connectivity index (χ4n) is 1.96. The molecule has 2 N–H and O–H groups in total. The maximum atomic E-state index is 12.2. The number of rotatable bonds is 4. The van der Waals surface area contributed by atoms with Crippen molar-refractivity contribution in [1.29, 1.82) is 0 Å². The van der Waals surface area contributed by atoms with Gasteiger partial charge in [-0.3, -0.25) is 9.13 Å². The first kappa shape index (κ1) is 13.4. The second-order valence-corrected chi connectivity index (χ2v) is 4.68. The summed E-state index contributed by atoms with van der Waals surface area (Å²) in [7, 11) is 0. The summed E-state index contributed by atoms with van der Waals surface area (Å²) in [6.07, 6.45) is 7.46. The SMILES string of the molecule is CC(C)n1ccn(-c2cccc(/C=C/CN)c2)c1=O. The molecule has 4 nitrogen and oxygen atoms in total. The Balaban J connectivity index is 2.42. The molecule has 0 aliphatic carbocycles. The number of imidazole rings is 1. The van der Waals surface area contributed by atoms with Crippen molar-refractivity contribution in [2.24, 2.45) is 5.73 Å². The van der Waals surface area contributed by atoms with Crippen LogP contribution < -0.4 is 11.4 Å². The van der Waals surface area contributed by atoms with E-state index in [1.54, 1.807) is 15.3 Å². The van der Waals surface area contributed by atoms with Crippen molar-refractivity contribution in [3.05, 3.63) is 58.8 Å². The van der Waals surface area contributed by atoms with Crippen molar-refractivity contribution in [2.75, 3.05) is 6.54 Å². The van der Waals surface area contributed by atoms with Gasteiger partial charge < -0.3 is 5.73 Å². The fourth-order valence-corrected chi connectivity index (χ4v) is 1.96. The average Bonchev–Trinajstić information content (AvgIpc) is 2.78. The molecule has 0 unspecified atom stereocenters. The van der Waals surface area contributed by atoms with Gasteiger partial charge in [0.15, 0.2) is 0 Å². The second-order valence-electron chi connectivity index (χ2n) is 4.68. The Morgan fingerprint density at radius 3 is 2.74 bits per heavy atom. The molecular formula is C15H19N3O. The minimum Gasteiger partial charge on any atom is -0.327 e. The highest BCUT2D eigenvalue weighted by Gasteiger charge is 2.07. The zero-order valence-corrected chi connectivity index (χ0v) is 11.3. The van der Waals surface area contributed by atoms with E-state index in [-0.39, 0.29) is 11.7 Å². The molecule has 100 valence electrons. The fraction of sp³-hybridized carbons (Fsp3) is 0.267. The van der Waals surface area contributed by atoms with Gasteiger partial charge in [0.25, 0.3) is 0 Å². The minimum absolute atomic E-state index is 0.0186. The normalized spacial score (nSPS) is 11.6. The molecule has 0 spiro atoms. The molecule has 0 bridgehead atoms. The van der Waals surface area contributed by atoms with E-state index < -0.39 is 0 Å². The molecule has 0 fully saturated rings. The van der Waals surface area contributed by atoms with Gasteiger partial charge >= 0.3 is 5.69 Å². The summed E-state index contributed by atoms with van der Waals surface area (Å²) < 4.78 is 3.36. The summed E-state index contributed by atoms with van der Waals surface area (Å²) in [6.45, 7) is 4.49. The number of hydrogen-bond donors (Lipinski definition) is 1. The Hall–Kier alpha value is -2.07. The van der Waals surface area contributed by atoms with Gasteiger partial charge in [0, 0.05) is 25.0 Å². The molecule has 2 rings (SSSR count). The largest absolute Gasteiger partial charge is 0.332 e. The van der Waals surface area contributed by atoms with Crippen LogP contribution in [0.1, 0.15) is 25.5 Å². The van der Waals surface area contributed by atoms with Crippen LogP contribution >= 0.6 is 0 Å². The molecule has 1 aromatic heterocycles. The van der Waals surface area contributed by atoms with Gasteiger partial charge in [-0.1, -0.05) is 24.3 Å². The Morgan fingerprint density at radius 1 is 1.32 bits per heavy atom. The second kappa shape index (κ2) is 5.71. The van der Waals surface area contributed by atoms with Gasteiger partial charge in [-0.25, -0.2) is 4.79 Å². The number of hydrogen-bond acceptors (Lipinski definition) is 2. The molecule has 1 heterocycles. The Morgan fingerprint density at radius 2 is 2.11 bits per heavy atom. The van der Waals surface area contributed by atoms with Gasteiger partial charge in [-0.2, -0.15) is 0 Å². The van der Waals surface area contributed by atoms with E-state index >= 15 is 0 Å². The standard InChI is InChI=1S/C15H19N3O/c1-12(2)17-9-10-18(15(17)19)14-7-3-5-13(11-14)6-4-8-16/h3-7,9-12H,8,16H2,1-2H3/b6-4+. The number of aromatic nitrogens is 2. The third-order valence-corrected chi connectivity index (χ3v) is 2.95. The molecule has 2 aromatic rings. The van der Waals surface area contributed by atoms with Crippen LogP contribution in [0.4, 0.5) is 0 Å². The van der Waals surface area contributed by atoms with Crippen LogP contribution in [0.3, 0.4) is 0 Å². The van der Waals surface area contributed by atoms with Gasteiger partial charge in [0.1, 0.15) is 0 Å². The molecule has 19 heavy (non-hydrogen) atoms. The van der Waals surface area contributed by atoms with Crippen molar-refractivity contribution in [1.82, 2.24) is 9.13 Å². The van der Waals surface area contributed by atoms with E-state index in [1.165, 1.54) is 0 Å². The van der Waals surface area contributed by atoms with E-state index in [9.17, 15) is 4.79 Å². The molecule has 4 heteroatoms. The van der Waals surface area contributed by atoms with Crippen molar-refractivity contribution in [3.8, 4) is 5.69 Å². The van der Waals surface area contributed by atoms with Gasteiger partial charge in [-0.05, 0) is 31.5 Å². The molecule has 1 aromatic carbocycles. The minimum atomic E-state index is -0.0186. The Kier molecular flexibility index (Phi) is 4.02. The molecule has 0 aliphatic rings. The van der Waals surface area contributed by atoms with Crippen LogP contribution in [0.15, 0.2) is 47.5 Å². The van der Waals surface area contributed by atoms with Crippen LogP contribution in [0.2, 0.25) is 0 Å². The van der Waals surface area contributed by atoms with Crippen LogP contribution in [0.5, 0.6) is 0 Å². The lowest BCUT2D eigenvalue weighted by Gasteiger charge is -2.05. The third kappa shape index (κ3) is 2.85. The van der Waals surface area contributed by atoms with Crippen molar-refractivity contribution >= 4 is 6.08 Å². The lowest BCUT2D eigenvalue weighted by Crippen LogP contribution is -2.24. The van der Waals surface area contributed by atoms with E-state index in [0.29, 0.717) is 6.54 Å². The predicted molar refractivity (Wildman–Crippen MR) is 78.5 cm³/mol. The lowest BCUT2D eigenvalue weighted by molar-refractivity contribution is 0.574. The van der Waals surface area contributed by atoms with E-state index in [2.05, 4.69) is 0 Å². The summed E-state index contributed by atoms with van der Waals surface area (Å²) in [4.78, 5) is 12.2. The summed E-state index contributed by atoms with van der Waals surface area (Å²) in [6, 6.07) is 7.98. The monoisotopic (exact) mass is 257 g/mol. The predicted octanol–water partition coefficient (Wildman–Crippen LogP) is 2.19. The number of benzene rings is 1. The molecule has 0 amide bonds. The topological polar surface area (TPSA) is 52.9 Å². The quantitative estimate of drug-likeness (QED) is 0.912. The van der Waals surface area contributed by atoms with E-state index in [1.807, 2.05) is 56.5 Å². The molecule has 0 radical (unpaired) electrons. The first-order chi connectivity index (χ1) is 9.13. The van der Waals surface area contributed by atoms with Gasteiger partial charge in [0.2, 0.25) is 0 Å². The van der Waals surface area contributed by atoms with Crippen LogP contribution in [-0.2, 0) is 0 Å². The maximum Gasteiger partial charge on any atom is 0.332 e. The molecule has 0 aliphatic heterocycles. The molecule has 0 saturated heterocycles. The van der Waals surface area contributed by atoms with E-state index in [0.717, 1.165) is 11.3 Å². The summed E-state index contributed by atoms with van der Waals surface area (Å²) >= 11 is 0. The zero-order valence-electron chi connectivity index (χ0n) is 11.3. The average molecular weight is 257 g/mol. The smallest absolute Gasteiger partial charge is 0.327 e. The van der Waals surface area contributed by atoms with Gasteiger partial charge in [0.05, 0.1) is 5.69 Å². The van der Waals surface area contributed by atoms with Crippen molar-refractivity contribution < 1.29 is 0 Å². The van der Waals surface area contributed by atoms with Crippen molar-refractivity contribution in [2.45, 2.75) is 19.9 Å². The number of nitrogens with zero attached hydrogens (tertiary/aromatic N) is 2. The lowest BCUT2D eigenvalue weighted by atomic mass is 10.2. The first-order valence-corrected chi connectivity index (χ1v) is 6.40. The first-order valence-electron chi connectivity index (χ1n) is 6.40. The number of nitrogens with two attached hydrogens (primary N) is 1. The molecular weight excluding hydrogens is 238 g/mol. The van der Waals surface area contributed by atoms with Crippen LogP contribution in [0.25, 0.3) is 11.8 Å². The van der Waals surface area contributed by atoms with Gasteiger partial charge in [-0.15, -0.1) is 0 Å². The van der Waals surface area contributed by atoms with Crippen LogP contribution in [0, 0.1) is 0 Å². The highest BCUT2D eigenvalue weighted by atomic mass is 16.1. The Labute approximate surface area is 112 Å². The van der Waals surface area contributed by atoms with E-state index in [4.69, 9.17) is 5.73 Å². The molecule has 0 atom stereocenters. The van der Waals surface area contributed by atoms with Crippen LogP contribution in [-0.4, -0.2) is 15.7 Å². The summed E-state index contributed by atoms with van der Waals surface area (Å²) in [5.41, 5.74) is 7.32. The maximum absolute atomic E-state index is 12.2. The zero-order chi connectivity index (χ0) is 13.8. The third-order valence-electron chi connectivity index (χ3n) is 2.95. The highest BCUT2D eigenvalue weighted by Crippen LogP contribution is 2.11. The van der Waals surface area contributed by atoms with Crippen molar-refractivity contribution in [3.63, 3.8) is 0 Å².